The maximum absolute atomic E-state index is 12.6. The van der Waals surface area contributed by atoms with Crippen molar-refractivity contribution in [1.82, 2.24) is 14.9 Å². The summed E-state index contributed by atoms with van der Waals surface area (Å²) in [5, 5.41) is 46.1. The summed E-state index contributed by atoms with van der Waals surface area (Å²) in [6.07, 6.45) is -7.21. The van der Waals surface area contributed by atoms with Crippen molar-refractivity contribution in [3.63, 3.8) is 0 Å². The fourth-order valence-corrected chi connectivity index (χ4v) is 7.24. The molecule has 4 heterocycles. The molecule has 0 amide bonds. The summed E-state index contributed by atoms with van der Waals surface area (Å²) in [6.45, 7) is 2.19. The maximum atomic E-state index is 12.6. The Hall–Kier alpha value is -2.82. The number of phosphoric ester groups is 3. The molecule has 2 unspecified atom stereocenters. The molecule has 2 aliphatic rings. The molecule has 8 atom stereocenters. The van der Waals surface area contributed by atoms with E-state index >= 15 is 0 Å². The number of hydrogen-bond donors (Lipinski definition) is 9. The van der Waals surface area contributed by atoms with Crippen molar-refractivity contribution >= 4 is 23.5 Å². The number of aromatic hydroxyl groups is 1. The van der Waals surface area contributed by atoms with Gasteiger partial charge in [0.05, 0.1) is 31.4 Å². The second kappa shape index (κ2) is 15.4. The molecule has 279 valence electrons. The summed E-state index contributed by atoms with van der Waals surface area (Å²) in [5.74, 6) is -1.28. The van der Waals surface area contributed by atoms with Gasteiger partial charge < -0.3 is 49.5 Å². The zero-order valence-electron chi connectivity index (χ0n) is 26.3. The van der Waals surface area contributed by atoms with Crippen LogP contribution in [0.15, 0.2) is 33.4 Å². The highest BCUT2D eigenvalue weighted by Gasteiger charge is 2.45. The molecule has 0 aromatic carbocycles. The number of aliphatic hydroxyl groups is 3. The number of hydrogen-bond acceptors (Lipinski definition) is 15. The molecule has 26 heteroatoms. The number of aryl methyl sites for hydroxylation is 2. The highest BCUT2D eigenvalue weighted by molar-refractivity contribution is 7.61. The van der Waals surface area contributed by atoms with Crippen LogP contribution >= 0.6 is 23.5 Å². The van der Waals surface area contributed by atoms with Crippen LogP contribution < -0.4 is 21.5 Å². The Kier molecular flexibility index (Phi) is 12.3. The van der Waals surface area contributed by atoms with Crippen molar-refractivity contribution in [3.05, 3.63) is 67.1 Å². The number of aromatic amines is 2. The average Bonchev–Trinajstić information content (AvgIpc) is 3.36. The molecule has 1 fully saturated rings. The molecule has 10 N–H and O–H groups in total. The van der Waals surface area contributed by atoms with Crippen LogP contribution in [0.3, 0.4) is 0 Å². The van der Waals surface area contributed by atoms with Crippen molar-refractivity contribution < 1.29 is 86.0 Å². The fourth-order valence-electron chi connectivity index (χ4n) is 4.78. The van der Waals surface area contributed by atoms with E-state index in [2.05, 4.69) is 33.2 Å². The number of phosphoric acid groups is 3. The smallest absolute Gasteiger partial charge is 0.483 e. The van der Waals surface area contributed by atoms with Crippen LogP contribution in [0.1, 0.15) is 42.0 Å². The third-order valence-electron chi connectivity index (χ3n) is 7.32. The SMILES string of the molecule is Cc1[nH+]cc(COP(=O)(O)O)c(C[N]C2=C(O)[C@@H](O)[C@@H](OP(=O)(O)OP(=O)(O)OC[C@H]3O[C@@H](n4cc(C)c(=O)[nH]c4=O)C[C@@H]3O)O[C@@H]2C)c1O. The Balaban J connectivity index is 1.37. The first-order valence-corrected chi connectivity index (χ1v) is 18.8. The van der Waals surface area contributed by atoms with E-state index < -0.39 is 97.2 Å². The molecule has 0 bridgehead atoms. The van der Waals surface area contributed by atoms with E-state index in [0.29, 0.717) is 0 Å². The van der Waals surface area contributed by atoms with Crippen molar-refractivity contribution in [2.24, 2.45) is 0 Å². The number of pyridine rings is 1. The Bertz CT molecular complexity index is 1880. The van der Waals surface area contributed by atoms with E-state index in [1.165, 1.54) is 33.2 Å². The molecule has 2 aromatic rings. The van der Waals surface area contributed by atoms with Crippen LogP contribution in [-0.4, -0.2) is 86.9 Å². The predicted molar refractivity (Wildman–Crippen MR) is 160 cm³/mol. The van der Waals surface area contributed by atoms with Crippen LogP contribution in [0, 0.1) is 13.8 Å². The molecule has 0 aliphatic carbocycles. The molecule has 4 rings (SSSR count). The largest absolute Gasteiger partial charge is 0.507 e. The molecule has 1 radical (unpaired) electrons. The van der Waals surface area contributed by atoms with E-state index in [1.54, 1.807) is 0 Å². The minimum atomic E-state index is -5.63. The van der Waals surface area contributed by atoms with Crippen molar-refractivity contribution in [2.75, 3.05) is 6.61 Å². The molecular weight excluding hydrogens is 741 g/mol. The van der Waals surface area contributed by atoms with Crippen LogP contribution in [0.25, 0.3) is 0 Å². The summed E-state index contributed by atoms with van der Waals surface area (Å²) in [7, 11) is -16.0. The Morgan fingerprint density at radius 1 is 1.06 bits per heavy atom. The Labute approximate surface area is 281 Å². The van der Waals surface area contributed by atoms with Gasteiger partial charge in [-0.05, 0) is 13.8 Å². The summed E-state index contributed by atoms with van der Waals surface area (Å²) in [5.41, 5.74) is -1.31. The number of aromatic nitrogens is 3. The van der Waals surface area contributed by atoms with Gasteiger partial charge in [-0.2, -0.15) is 4.31 Å². The van der Waals surface area contributed by atoms with E-state index in [-0.39, 0.29) is 40.3 Å². The maximum Gasteiger partial charge on any atom is 0.483 e. The fraction of sp³-hybridized carbons (Fsp3) is 0.542. The molecule has 1 saturated heterocycles. The molecule has 0 saturated carbocycles. The molecule has 2 aliphatic heterocycles. The normalized spacial score (nSPS) is 26.8. The lowest BCUT2D eigenvalue weighted by Gasteiger charge is -2.33. The number of H-pyrrole nitrogens is 2. The summed E-state index contributed by atoms with van der Waals surface area (Å²) in [4.78, 5) is 66.8. The average molecular weight is 776 g/mol. The van der Waals surface area contributed by atoms with Gasteiger partial charge in [-0.15, -0.1) is 0 Å². The Morgan fingerprint density at radius 2 is 1.74 bits per heavy atom. The summed E-state index contributed by atoms with van der Waals surface area (Å²) < 4.78 is 66.2. The first-order valence-electron chi connectivity index (χ1n) is 14.3. The van der Waals surface area contributed by atoms with Gasteiger partial charge in [-0.25, -0.2) is 23.5 Å². The summed E-state index contributed by atoms with van der Waals surface area (Å²) in [6, 6.07) is 0. The number of nitrogens with zero attached hydrogens (tertiary/aromatic N) is 2. The van der Waals surface area contributed by atoms with Gasteiger partial charge in [0.15, 0.2) is 18.1 Å². The third-order valence-corrected chi connectivity index (χ3v) is 10.4. The Morgan fingerprint density at radius 3 is 2.40 bits per heavy atom. The number of ether oxygens (including phenoxy) is 2. The van der Waals surface area contributed by atoms with Crippen LogP contribution in [0.5, 0.6) is 5.75 Å². The number of aliphatic hydroxyl groups excluding tert-OH is 3. The van der Waals surface area contributed by atoms with Crippen molar-refractivity contribution in [1.29, 1.82) is 0 Å². The lowest BCUT2D eigenvalue weighted by Crippen LogP contribution is -2.43. The highest BCUT2D eigenvalue weighted by atomic mass is 31.3. The van der Waals surface area contributed by atoms with Gasteiger partial charge in [0.1, 0.15) is 29.9 Å². The van der Waals surface area contributed by atoms with E-state index in [9.17, 15) is 53.5 Å². The molecule has 23 nitrogen and oxygen atoms in total. The van der Waals surface area contributed by atoms with Gasteiger partial charge in [0.25, 0.3) is 5.56 Å². The van der Waals surface area contributed by atoms with E-state index in [1.807, 2.05) is 0 Å². The van der Waals surface area contributed by atoms with Gasteiger partial charge >= 0.3 is 29.2 Å². The van der Waals surface area contributed by atoms with Gasteiger partial charge in [-0.1, -0.05) is 0 Å². The standard InChI is InChI=1S/C24H34N4O19P3/c1-10-7-28(24(34)27-22(10)33)17-4-15(29)16(45-17)9-43-49(38,39)47-50(40,41)46-23-21(32)20(31)18(12(3)44-23)26-6-14-13(8-42-48(35,36)37)5-25-11(2)19(14)30/h5,7,12,15-17,21,23,29-32H,4,6,8-9H2,1-3H3,(H,38,39)(H,40,41)(H,27,33,34)(H2,35,36,37)/p+1/t12-,15+,16-,17-,21-,23-/m1/s1. The van der Waals surface area contributed by atoms with E-state index in [4.69, 9.17) is 19.3 Å². The predicted octanol–water partition coefficient (Wildman–Crippen LogP) is -1.14. The van der Waals surface area contributed by atoms with Crippen LogP contribution in [-0.2, 0) is 54.2 Å². The van der Waals surface area contributed by atoms with Crippen LogP contribution in [0.4, 0.5) is 0 Å². The number of rotatable bonds is 14. The highest BCUT2D eigenvalue weighted by Crippen LogP contribution is 2.61. The first kappa shape index (κ1) is 40.0. The monoisotopic (exact) mass is 776 g/mol. The van der Waals surface area contributed by atoms with Crippen molar-refractivity contribution in [2.45, 2.75) is 77.3 Å². The summed E-state index contributed by atoms with van der Waals surface area (Å²) >= 11 is 0. The quantitative estimate of drug-likeness (QED) is 0.102. The molecular formula is C24H35N4O19P3+. The minimum Gasteiger partial charge on any atom is -0.507 e. The van der Waals surface area contributed by atoms with Crippen LogP contribution in [0.2, 0.25) is 0 Å². The zero-order chi connectivity index (χ0) is 37.3. The second-order valence-electron chi connectivity index (χ2n) is 11.0. The van der Waals surface area contributed by atoms with Gasteiger partial charge in [-0.3, -0.25) is 33.2 Å². The van der Waals surface area contributed by atoms with Crippen molar-refractivity contribution in [3.8, 4) is 5.75 Å². The molecule has 0 spiro atoms. The lowest BCUT2D eigenvalue weighted by atomic mass is 10.1. The zero-order valence-corrected chi connectivity index (χ0v) is 28.9. The molecule has 2 aromatic heterocycles. The minimum absolute atomic E-state index is 0.0217. The molecule has 50 heavy (non-hydrogen) atoms. The first-order chi connectivity index (χ1) is 23.1. The van der Waals surface area contributed by atoms with E-state index in [0.717, 1.165) is 4.57 Å². The number of nitrogens with one attached hydrogen (secondary N) is 2. The second-order valence-corrected chi connectivity index (χ2v) is 15.3. The third kappa shape index (κ3) is 9.94. The topological polar surface area (TPSA) is 352 Å². The van der Waals surface area contributed by atoms with Gasteiger partial charge in [0.2, 0.25) is 12.0 Å². The van der Waals surface area contributed by atoms with Gasteiger partial charge in [0, 0.05) is 30.7 Å². The lowest BCUT2D eigenvalue weighted by molar-refractivity contribution is -0.389.